The number of nitrogens with one attached hydrogen (secondary N) is 1. The number of amides is 1. The zero-order chi connectivity index (χ0) is 16.6. The average Bonchev–Trinajstić information content (AvgIpc) is 2.78. The van der Waals surface area contributed by atoms with Crippen molar-refractivity contribution < 1.29 is 14.3 Å². The van der Waals surface area contributed by atoms with Gasteiger partial charge in [-0.2, -0.15) is 0 Å². The molecule has 1 saturated heterocycles. The predicted octanol–water partition coefficient (Wildman–Crippen LogP) is 3.45. The molecule has 4 nitrogen and oxygen atoms in total. The van der Waals surface area contributed by atoms with Crippen molar-refractivity contribution in [2.75, 3.05) is 4.90 Å². The molecule has 3 rings (SSSR count). The summed E-state index contributed by atoms with van der Waals surface area (Å²) in [5, 5.41) is 13.0. The zero-order valence-corrected chi connectivity index (χ0v) is 13.2. The topological polar surface area (TPSA) is 52.6 Å². The van der Waals surface area contributed by atoms with Crippen LogP contribution in [0.1, 0.15) is 5.56 Å². The highest BCUT2D eigenvalue weighted by atomic mass is 35.5. The van der Waals surface area contributed by atoms with Crippen LogP contribution in [-0.4, -0.2) is 16.1 Å². The number of thiocarbonyl (C=S) groups is 1. The monoisotopic (exact) mass is 348 g/mol. The molecule has 0 saturated carbocycles. The van der Waals surface area contributed by atoms with Crippen molar-refractivity contribution in [3.8, 4) is 5.75 Å². The fraction of sp³-hybridized carbons (Fsp3) is 0. The van der Waals surface area contributed by atoms with Gasteiger partial charge in [-0.15, -0.1) is 0 Å². The minimum atomic E-state index is -0.558. The lowest BCUT2D eigenvalue weighted by Crippen LogP contribution is -2.31. The van der Waals surface area contributed by atoms with Crippen LogP contribution in [0.3, 0.4) is 0 Å². The molecule has 1 aliphatic heterocycles. The van der Waals surface area contributed by atoms with Gasteiger partial charge in [0.1, 0.15) is 17.3 Å². The molecule has 0 unspecified atom stereocenters. The normalized spacial score (nSPS) is 16.1. The molecule has 0 bridgehead atoms. The first-order valence-corrected chi connectivity index (χ1v) is 7.36. The van der Waals surface area contributed by atoms with E-state index in [1.54, 1.807) is 6.07 Å². The number of hydrogen-bond acceptors (Lipinski definition) is 3. The van der Waals surface area contributed by atoms with E-state index in [0.29, 0.717) is 10.6 Å². The number of para-hydroxylation sites is 1. The van der Waals surface area contributed by atoms with E-state index in [0.717, 1.165) is 4.90 Å². The number of phenols is 1. The summed E-state index contributed by atoms with van der Waals surface area (Å²) in [4.78, 5) is 13.6. The highest BCUT2D eigenvalue weighted by molar-refractivity contribution is 7.80. The second kappa shape index (κ2) is 5.98. The van der Waals surface area contributed by atoms with E-state index in [-0.39, 0.29) is 22.2 Å². The number of benzene rings is 2. The molecule has 0 radical (unpaired) electrons. The maximum absolute atomic E-state index is 13.9. The van der Waals surface area contributed by atoms with Gasteiger partial charge >= 0.3 is 0 Å². The molecule has 0 aromatic heterocycles. The third-order valence-electron chi connectivity index (χ3n) is 3.26. The van der Waals surface area contributed by atoms with Crippen LogP contribution >= 0.6 is 23.8 Å². The Balaban J connectivity index is 2.00. The SMILES string of the molecule is O=C1/C(=C/c2cc(Cl)ccc2O)NC(=S)N1c1ccccc1F. The smallest absolute Gasteiger partial charge is 0.281 e. The van der Waals surface area contributed by atoms with Crippen LogP contribution in [0.5, 0.6) is 5.75 Å². The maximum Gasteiger partial charge on any atom is 0.281 e. The Morgan fingerprint density at radius 3 is 2.74 bits per heavy atom. The molecule has 2 aromatic carbocycles. The fourth-order valence-corrected chi connectivity index (χ4v) is 2.66. The summed E-state index contributed by atoms with van der Waals surface area (Å²) in [7, 11) is 0. The summed E-state index contributed by atoms with van der Waals surface area (Å²) in [6.45, 7) is 0. The first-order valence-electron chi connectivity index (χ1n) is 6.57. The Kier molecular flexibility index (Phi) is 4.02. The van der Waals surface area contributed by atoms with E-state index >= 15 is 0 Å². The second-order valence-electron chi connectivity index (χ2n) is 4.78. The summed E-state index contributed by atoms with van der Waals surface area (Å²) < 4.78 is 13.9. The van der Waals surface area contributed by atoms with E-state index < -0.39 is 11.7 Å². The summed E-state index contributed by atoms with van der Waals surface area (Å²) in [5.41, 5.74) is 0.538. The Morgan fingerprint density at radius 2 is 2.00 bits per heavy atom. The van der Waals surface area contributed by atoms with E-state index in [9.17, 15) is 14.3 Å². The van der Waals surface area contributed by atoms with Crippen LogP contribution in [0.25, 0.3) is 6.08 Å². The maximum atomic E-state index is 13.9. The summed E-state index contributed by atoms with van der Waals surface area (Å²) in [6.07, 6.45) is 1.41. The number of phenolic OH excluding ortho intramolecular Hbond substituents is 1. The van der Waals surface area contributed by atoms with Gasteiger partial charge in [0.05, 0.1) is 5.69 Å². The molecule has 0 aliphatic carbocycles. The molecule has 2 N–H and O–H groups in total. The van der Waals surface area contributed by atoms with Crippen LogP contribution in [0, 0.1) is 5.82 Å². The Morgan fingerprint density at radius 1 is 1.26 bits per heavy atom. The highest BCUT2D eigenvalue weighted by Crippen LogP contribution is 2.28. The minimum absolute atomic E-state index is 0.0354. The molecule has 0 atom stereocenters. The number of halogens is 2. The Bertz CT molecular complexity index is 854. The molecule has 1 fully saturated rings. The number of carbonyl (C=O) groups is 1. The van der Waals surface area contributed by atoms with Crippen molar-refractivity contribution in [3.63, 3.8) is 0 Å². The number of anilines is 1. The minimum Gasteiger partial charge on any atom is -0.507 e. The van der Waals surface area contributed by atoms with Crippen molar-refractivity contribution in [2.24, 2.45) is 0 Å². The Labute approximate surface area is 141 Å². The standard InChI is InChI=1S/C16H10ClFN2O2S/c17-10-5-6-14(21)9(7-10)8-12-15(22)20(16(23)19-12)13-4-2-1-3-11(13)18/h1-8,21H,(H,19,23)/b12-8-. The van der Waals surface area contributed by atoms with Gasteiger partial charge in [-0.1, -0.05) is 23.7 Å². The molecule has 1 aliphatic rings. The molecule has 23 heavy (non-hydrogen) atoms. The first-order chi connectivity index (χ1) is 11.0. The van der Waals surface area contributed by atoms with Gasteiger partial charge in [0.2, 0.25) is 0 Å². The average molecular weight is 349 g/mol. The van der Waals surface area contributed by atoms with Crippen molar-refractivity contribution in [2.45, 2.75) is 0 Å². The van der Waals surface area contributed by atoms with Crippen LogP contribution in [0.15, 0.2) is 48.2 Å². The summed E-state index contributed by atoms with van der Waals surface area (Å²) in [6, 6.07) is 10.3. The predicted molar refractivity (Wildman–Crippen MR) is 90.7 cm³/mol. The quantitative estimate of drug-likeness (QED) is 0.645. The van der Waals surface area contributed by atoms with Crippen LogP contribution < -0.4 is 10.2 Å². The van der Waals surface area contributed by atoms with E-state index in [2.05, 4.69) is 5.32 Å². The molecule has 1 amide bonds. The van der Waals surface area contributed by atoms with Gasteiger partial charge < -0.3 is 10.4 Å². The molecular weight excluding hydrogens is 339 g/mol. The number of rotatable bonds is 2. The van der Waals surface area contributed by atoms with E-state index in [1.807, 2.05) is 0 Å². The number of aromatic hydroxyl groups is 1. The third kappa shape index (κ3) is 2.91. The Hall–Kier alpha value is -2.44. The lowest BCUT2D eigenvalue weighted by Gasteiger charge is -2.14. The van der Waals surface area contributed by atoms with Gasteiger partial charge in [0, 0.05) is 10.6 Å². The summed E-state index contributed by atoms with van der Waals surface area (Å²) >= 11 is 11.0. The second-order valence-corrected chi connectivity index (χ2v) is 5.61. The lowest BCUT2D eigenvalue weighted by molar-refractivity contribution is -0.113. The molecular formula is C16H10ClFN2O2S. The van der Waals surface area contributed by atoms with Gasteiger partial charge in [0.25, 0.3) is 5.91 Å². The third-order valence-corrected chi connectivity index (χ3v) is 3.78. The summed E-state index contributed by atoms with van der Waals surface area (Å²) in [5.74, 6) is -1.11. The van der Waals surface area contributed by atoms with Crippen molar-refractivity contribution in [3.05, 3.63) is 64.6 Å². The van der Waals surface area contributed by atoms with Crippen molar-refractivity contribution >= 4 is 46.6 Å². The van der Waals surface area contributed by atoms with Gasteiger partial charge in [-0.25, -0.2) is 9.29 Å². The zero-order valence-electron chi connectivity index (χ0n) is 11.6. The number of carbonyl (C=O) groups excluding carboxylic acids is 1. The van der Waals surface area contributed by atoms with E-state index in [1.165, 1.54) is 42.5 Å². The van der Waals surface area contributed by atoms with Crippen molar-refractivity contribution in [1.82, 2.24) is 5.32 Å². The van der Waals surface area contributed by atoms with Gasteiger partial charge in [-0.05, 0) is 48.6 Å². The van der Waals surface area contributed by atoms with E-state index in [4.69, 9.17) is 23.8 Å². The van der Waals surface area contributed by atoms with Crippen molar-refractivity contribution in [1.29, 1.82) is 0 Å². The largest absolute Gasteiger partial charge is 0.507 e. The highest BCUT2D eigenvalue weighted by Gasteiger charge is 2.33. The molecule has 2 aromatic rings. The number of nitrogens with zero attached hydrogens (tertiary/aromatic N) is 1. The number of hydrogen-bond donors (Lipinski definition) is 2. The molecule has 116 valence electrons. The first kappa shape index (κ1) is 15.5. The van der Waals surface area contributed by atoms with Gasteiger partial charge in [-0.3, -0.25) is 4.79 Å². The fourth-order valence-electron chi connectivity index (χ4n) is 2.18. The van der Waals surface area contributed by atoms with Gasteiger partial charge in [0.15, 0.2) is 5.11 Å². The van der Waals surface area contributed by atoms with Crippen LogP contribution in [0.2, 0.25) is 5.02 Å². The van der Waals surface area contributed by atoms with Crippen LogP contribution in [0.4, 0.5) is 10.1 Å². The van der Waals surface area contributed by atoms with Crippen LogP contribution in [-0.2, 0) is 4.79 Å². The lowest BCUT2D eigenvalue weighted by atomic mass is 10.1. The molecule has 1 heterocycles. The molecule has 0 spiro atoms. The molecule has 7 heteroatoms.